The molecule has 0 saturated carbocycles. The highest BCUT2D eigenvalue weighted by Crippen LogP contribution is 2.34. The number of nitriles is 1. The second kappa shape index (κ2) is 7.94. The number of ether oxygens (including phenoxy) is 3. The third kappa shape index (κ3) is 4.05. The first-order chi connectivity index (χ1) is 12.7. The molecule has 0 bridgehead atoms. The summed E-state index contributed by atoms with van der Waals surface area (Å²) in [6.07, 6.45) is 1.35. The maximum Gasteiger partial charge on any atom is 0.267 e. The van der Waals surface area contributed by atoms with Crippen LogP contribution < -0.4 is 24.8 Å². The van der Waals surface area contributed by atoms with E-state index in [-0.39, 0.29) is 12.4 Å². The Balaban J connectivity index is 1.64. The van der Waals surface area contributed by atoms with E-state index in [4.69, 9.17) is 14.2 Å². The summed E-state index contributed by atoms with van der Waals surface area (Å²) in [5, 5.41) is 14.8. The summed E-state index contributed by atoms with van der Waals surface area (Å²) in [6.45, 7) is 2.65. The molecule has 0 radical (unpaired) electrons. The third-order valence-electron chi connectivity index (χ3n) is 3.54. The van der Waals surface area contributed by atoms with Gasteiger partial charge in [0.05, 0.1) is 6.61 Å². The zero-order valence-corrected chi connectivity index (χ0v) is 14.1. The van der Waals surface area contributed by atoms with Gasteiger partial charge in [-0.15, -0.1) is 0 Å². The summed E-state index contributed by atoms with van der Waals surface area (Å²) in [5.74, 6) is 1.48. The molecule has 2 aromatic rings. The van der Waals surface area contributed by atoms with Crippen LogP contribution >= 0.6 is 0 Å². The number of carbonyl (C=O) groups is 1. The molecular formula is C19H17N3O4. The molecule has 0 saturated heterocycles. The molecule has 0 unspecified atom stereocenters. The molecule has 0 fully saturated rings. The van der Waals surface area contributed by atoms with Crippen molar-refractivity contribution in [3.63, 3.8) is 0 Å². The predicted octanol–water partition coefficient (Wildman–Crippen LogP) is 3.27. The van der Waals surface area contributed by atoms with E-state index < -0.39 is 5.91 Å². The van der Waals surface area contributed by atoms with Crippen LogP contribution in [0, 0.1) is 11.3 Å². The summed E-state index contributed by atoms with van der Waals surface area (Å²) >= 11 is 0. The number of nitrogens with zero attached hydrogens (tertiary/aromatic N) is 1. The maximum atomic E-state index is 12.2. The molecule has 7 nitrogen and oxygen atoms in total. The summed E-state index contributed by atoms with van der Waals surface area (Å²) in [5.41, 5.74) is 1.19. The fourth-order valence-electron chi connectivity index (χ4n) is 2.29. The molecule has 0 spiro atoms. The molecule has 7 heteroatoms. The Morgan fingerprint density at radius 3 is 2.65 bits per heavy atom. The van der Waals surface area contributed by atoms with Crippen molar-refractivity contribution in [3.8, 4) is 23.3 Å². The Bertz CT molecular complexity index is 869. The van der Waals surface area contributed by atoms with Crippen LogP contribution in [0.3, 0.4) is 0 Å². The first-order valence-electron chi connectivity index (χ1n) is 8.00. The van der Waals surface area contributed by atoms with Gasteiger partial charge >= 0.3 is 0 Å². The number of anilines is 2. The highest BCUT2D eigenvalue weighted by Gasteiger charge is 2.13. The van der Waals surface area contributed by atoms with Crippen molar-refractivity contribution in [2.45, 2.75) is 6.92 Å². The average Bonchev–Trinajstić information content (AvgIpc) is 3.12. The van der Waals surface area contributed by atoms with Gasteiger partial charge in [0.25, 0.3) is 5.91 Å². The quantitative estimate of drug-likeness (QED) is 0.613. The lowest BCUT2D eigenvalue weighted by Crippen LogP contribution is -2.14. The fraction of sp³-hybridized carbons (Fsp3) is 0.158. The second-order valence-corrected chi connectivity index (χ2v) is 5.29. The Hall–Kier alpha value is -3.66. The van der Waals surface area contributed by atoms with Crippen LogP contribution in [0.5, 0.6) is 17.2 Å². The normalized spacial score (nSPS) is 12.2. The van der Waals surface area contributed by atoms with Gasteiger partial charge in [-0.2, -0.15) is 5.26 Å². The zero-order valence-electron chi connectivity index (χ0n) is 14.1. The summed E-state index contributed by atoms with van der Waals surface area (Å²) in [4.78, 5) is 12.2. The van der Waals surface area contributed by atoms with Gasteiger partial charge in [-0.3, -0.25) is 4.79 Å². The highest BCUT2D eigenvalue weighted by molar-refractivity contribution is 6.06. The van der Waals surface area contributed by atoms with E-state index in [9.17, 15) is 10.1 Å². The first kappa shape index (κ1) is 17.2. The topological polar surface area (TPSA) is 92.6 Å². The third-order valence-corrected chi connectivity index (χ3v) is 3.54. The van der Waals surface area contributed by atoms with Gasteiger partial charge in [-0.05, 0) is 43.3 Å². The Morgan fingerprint density at radius 2 is 1.92 bits per heavy atom. The number of rotatable bonds is 6. The van der Waals surface area contributed by atoms with E-state index in [1.807, 2.05) is 13.0 Å². The molecule has 1 aliphatic heterocycles. The minimum Gasteiger partial charge on any atom is -0.494 e. The highest BCUT2D eigenvalue weighted by atomic mass is 16.7. The standard InChI is InChI=1S/C19H17N3O4/c1-2-24-16-6-3-14(4-7-16)22-19(23)13(10-20)11-21-15-5-8-17-18(9-15)26-12-25-17/h3-9,11,21H,2,12H2,1H3,(H,22,23)/b13-11-. The molecule has 0 atom stereocenters. The minimum absolute atomic E-state index is 0.0587. The number of fused-ring (bicyclic) bond motifs is 1. The predicted molar refractivity (Wildman–Crippen MR) is 96.1 cm³/mol. The molecule has 0 aromatic heterocycles. The molecule has 3 rings (SSSR count). The van der Waals surface area contributed by atoms with Gasteiger partial charge in [0.1, 0.15) is 17.4 Å². The largest absolute Gasteiger partial charge is 0.494 e. The molecular weight excluding hydrogens is 334 g/mol. The fourth-order valence-corrected chi connectivity index (χ4v) is 2.29. The van der Waals surface area contributed by atoms with Crippen LogP contribution in [0.1, 0.15) is 6.92 Å². The van der Waals surface area contributed by atoms with Crippen molar-refractivity contribution in [1.82, 2.24) is 0 Å². The van der Waals surface area contributed by atoms with Gasteiger partial charge in [-0.25, -0.2) is 0 Å². The zero-order chi connectivity index (χ0) is 18.4. The summed E-state index contributed by atoms with van der Waals surface area (Å²) in [6, 6.07) is 14.1. The second-order valence-electron chi connectivity index (χ2n) is 5.29. The number of amides is 1. The number of hydrogen-bond acceptors (Lipinski definition) is 6. The van der Waals surface area contributed by atoms with E-state index >= 15 is 0 Å². The van der Waals surface area contributed by atoms with Crippen LogP contribution in [-0.2, 0) is 4.79 Å². The Labute approximate surface area is 150 Å². The van der Waals surface area contributed by atoms with Crippen molar-refractivity contribution in [1.29, 1.82) is 5.26 Å². The average molecular weight is 351 g/mol. The van der Waals surface area contributed by atoms with Crippen LogP contribution in [0.25, 0.3) is 0 Å². The van der Waals surface area contributed by atoms with Crippen molar-refractivity contribution < 1.29 is 19.0 Å². The van der Waals surface area contributed by atoms with Crippen LogP contribution in [0.15, 0.2) is 54.2 Å². The summed E-state index contributed by atoms with van der Waals surface area (Å²) in [7, 11) is 0. The van der Waals surface area contributed by atoms with Crippen LogP contribution in [0.4, 0.5) is 11.4 Å². The number of carbonyl (C=O) groups excluding carboxylic acids is 1. The maximum absolute atomic E-state index is 12.2. The monoisotopic (exact) mass is 351 g/mol. The summed E-state index contributed by atoms with van der Waals surface area (Å²) < 4.78 is 15.9. The lowest BCUT2D eigenvalue weighted by Gasteiger charge is -2.07. The smallest absolute Gasteiger partial charge is 0.267 e. The number of benzene rings is 2. The van der Waals surface area contributed by atoms with E-state index in [1.165, 1.54) is 6.20 Å². The Morgan fingerprint density at radius 1 is 1.19 bits per heavy atom. The molecule has 0 aliphatic carbocycles. The van der Waals surface area contributed by atoms with Crippen molar-refractivity contribution in [3.05, 3.63) is 54.2 Å². The lowest BCUT2D eigenvalue weighted by atomic mass is 10.2. The van der Waals surface area contributed by atoms with Gasteiger partial charge in [-0.1, -0.05) is 0 Å². The lowest BCUT2D eigenvalue weighted by molar-refractivity contribution is -0.112. The van der Waals surface area contributed by atoms with Gasteiger partial charge in [0.2, 0.25) is 6.79 Å². The van der Waals surface area contributed by atoms with E-state index in [0.717, 1.165) is 0 Å². The molecule has 132 valence electrons. The first-order valence-corrected chi connectivity index (χ1v) is 8.00. The van der Waals surface area contributed by atoms with Crippen LogP contribution in [0.2, 0.25) is 0 Å². The minimum atomic E-state index is -0.509. The number of hydrogen-bond donors (Lipinski definition) is 2. The van der Waals surface area contributed by atoms with E-state index in [0.29, 0.717) is 35.2 Å². The van der Waals surface area contributed by atoms with Crippen molar-refractivity contribution in [2.24, 2.45) is 0 Å². The van der Waals surface area contributed by atoms with Gasteiger partial charge in [0, 0.05) is 23.6 Å². The van der Waals surface area contributed by atoms with E-state index in [1.54, 1.807) is 42.5 Å². The molecule has 2 aromatic carbocycles. The molecule has 1 aliphatic rings. The van der Waals surface area contributed by atoms with Crippen LogP contribution in [-0.4, -0.2) is 19.3 Å². The van der Waals surface area contributed by atoms with Gasteiger partial charge in [0.15, 0.2) is 11.5 Å². The molecule has 2 N–H and O–H groups in total. The molecule has 26 heavy (non-hydrogen) atoms. The SMILES string of the molecule is CCOc1ccc(NC(=O)/C(C#N)=C\Nc2ccc3c(c2)OCO3)cc1. The number of nitrogens with one attached hydrogen (secondary N) is 2. The van der Waals surface area contributed by atoms with E-state index in [2.05, 4.69) is 10.6 Å². The van der Waals surface area contributed by atoms with Gasteiger partial charge < -0.3 is 24.8 Å². The van der Waals surface area contributed by atoms with Crippen molar-refractivity contribution in [2.75, 3.05) is 24.0 Å². The van der Waals surface area contributed by atoms with Crippen molar-refractivity contribution >= 4 is 17.3 Å². The Kier molecular flexibility index (Phi) is 5.25. The molecule has 1 amide bonds. The molecule has 1 heterocycles.